The Labute approximate surface area is 307 Å². The summed E-state index contributed by atoms with van der Waals surface area (Å²) < 4.78 is 0. The molecule has 0 spiro atoms. The van der Waals surface area contributed by atoms with Crippen LogP contribution in [0, 0.1) is 0 Å². The zero-order chi connectivity index (χ0) is 41.5. The van der Waals surface area contributed by atoms with Crippen molar-refractivity contribution in [2.45, 2.75) is 61.0 Å². The summed E-state index contributed by atoms with van der Waals surface area (Å²) in [6.45, 7) is 0. The van der Waals surface area contributed by atoms with Gasteiger partial charge in [0.25, 0.3) is 0 Å². The number of carboxylic acid groups (broad SMARTS) is 10. The van der Waals surface area contributed by atoms with E-state index in [1.807, 2.05) is 0 Å². The zero-order valence-corrected chi connectivity index (χ0v) is 27.1. The monoisotopic (exact) mass is 842 g/mol. The number of carbonyl (C=O) groups excluding carboxylic acids is 10. The van der Waals surface area contributed by atoms with E-state index in [9.17, 15) is 99.0 Å². The molecule has 0 aliphatic rings. The molecule has 32 heteroatoms. The summed E-state index contributed by atoms with van der Waals surface area (Å²) in [5.74, 6) is -20.6. The maximum absolute atomic E-state index is 9.63. The Hall–Kier alpha value is -4.53. The van der Waals surface area contributed by atoms with Gasteiger partial charge in [-0.05, 0) is 0 Å². The number of aliphatic carboxylic acids is 10. The van der Waals surface area contributed by atoms with E-state index in [1.165, 1.54) is 0 Å². The van der Waals surface area contributed by atoms with Gasteiger partial charge in [0.15, 0.2) is 0 Å². The minimum atomic E-state index is -2.44. The molecule has 0 saturated carbocycles. The average Bonchev–Trinajstić information content (AvgIpc) is 3.01. The minimum Gasteiger partial charge on any atom is -0.547 e. The van der Waals surface area contributed by atoms with Crippen LogP contribution in [-0.4, -0.2) is 172 Å². The van der Waals surface area contributed by atoms with Crippen LogP contribution in [-0.2, 0) is 85.1 Å². The second kappa shape index (κ2) is 31.2. The van der Waals surface area contributed by atoms with Crippen LogP contribution in [0.3, 0.4) is 0 Å². The molecule has 0 amide bonds. The van der Waals surface area contributed by atoms with Crippen LogP contribution in [0.5, 0.6) is 0 Å². The molecule has 0 radical (unpaired) electrons. The van der Waals surface area contributed by atoms with Crippen molar-refractivity contribution in [3.63, 3.8) is 0 Å². The maximum atomic E-state index is 9.63. The van der Waals surface area contributed by atoms with Gasteiger partial charge in [-0.1, -0.05) is 0 Å². The fourth-order valence-corrected chi connectivity index (χ4v) is 1.29. The second-order valence-corrected chi connectivity index (χ2v) is 7.64. The number of rotatable bonds is 15. The predicted molar refractivity (Wildman–Crippen MR) is 110 cm³/mol. The third-order valence-electron chi connectivity index (χ3n) is 3.91. The van der Waals surface area contributed by atoms with Gasteiger partial charge in [0.2, 0.25) is 0 Å². The normalized spacial score (nSPS) is 15.2. The van der Waals surface area contributed by atoms with Gasteiger partial charge in [0.05, 0.1) is 59.7 Å². The van der Waals surface area contributed by atoms with Crippen molar-refractivity contribution in [1.29, 1.82) is 0 Å². The fourth-order valence-electron chi connectivity index (χ4n) is 1.29. The summed E-state index contributed by atoms with van der Waals surface area (Å²) in [5.41, 5.74) is 0. The number of hydrogen-bond donors (Lipinski definition) is 10. The smallest absolute Gasteiger partial charge is 0.547 e. The van der Waals surface area contributed by atoms with Gasteiger partial charge in [-0.3, -0.25) is 0 Å². The minimum absolute atomic E-state index is 0. The van der Waals surface area contributed by atoms with Gasteiger partial charge in [-0.2, -0.15) is 0 Å². The molecule has 0 bridgehead atoms. The van der Waals surface area contributed by atoms with Crippen LogP contribution >= 0.6 is 0 Å². The van der Waals surface area contributed by atoms with Gasteiger partial charge in [0, 0.05) is 0 Å². The molecule has 0 aromatic rings. The van der Waals surface area contributed by atoms with E-state index >= 15 is 0 Å². The average molecular weight is 842 g/mol. The molecular weight excluding hydrogens is 822 g/mol. The molecule has 0 heterocycles. The third-order valence-corrected chi connectivity index (χ3v) is 3.91. The van der Waals surface area contributed by atoms with E-state index in [0.717, 1.165) is 0 Å². The van der Waals surface area contributed by atoms with E-state index in [-0.39, 0.29) is 37.1 Å². The van der Waals surface area contributed by atoms with Crippen molar-refractivity contribution in [3.8, 4) is 0 Å². The van der Waals surface area contributed by atoms with E-state index in [4.69, 9.17) is 51.1 Å². The summed E-state index contributed by atoms with van der Waals surface area (Å²) in [5, 5.41) is 179. The Bertz CT molecular complexity index is 890. The van der Waals surface area contributed by atoms with Crippen LogP contribution in [0.2, 0.25) is 0 Å². The van der Waals surface area contributed by atoms with Crippen molar-refractivity contribution in [2.24, 2.45) is 0 Å². The SMILES string of the molecule is O=C([O-])C(O)C(O)C(=O)[O-].O=C([O-])C(O)C(O)C(=O)[O-].O=C([O-])C(O)C(O)C(=O)[O-].O=C([O-])C(O)C(O)C(=O)[O-].O=C([O-])C(O)C(O)C(=O)[O-].[V+5].[V+5]. The predicted octanol–water partition coefficient (Wildman–Crippen LogP) is -24.0. The Morgan fingerprint density at radius 2 is 0.250 bits per heavy atom. The van der Waals surface area contributed by atoms with Gasteiger partial charge >= 0.3 is 37.1 Å². The van der Waals surface area contributed by atoms with Crippen LogP contribution in [0.25, 0.3) is 0 Å². The zero-order valence-electron chi connectivity index (χ0n) is 24.3. The Morgan fingerprint density at radius 3 is 0.269 bits per heavy atom. The van der Waals surface area contributed by atoms with Crippen LogP contribution < -0.4 is 51.1 Å². The Balaban J connectivity index is -0.0000000964. The first-order valence-electron chi connectivity index (χ1n) is 11.2. The Kier molecular flexibility index (Phi) is 37.6. The standard InChI is InChI=1S/5C4H6O6.2V/c5*5-1(3(7)8)2(6)4(9)10;;/h5*1-2,5-6H,(H,7,8)(H,9,10);;/q;;;;;2*+5/p-10. The third kappa shape index (κ3) is 29.2. The number of aliphatic hydroxyl groups is 10. The van der Waals surface area contributed by atoms with E-state index in [2.05, 4.69) is 0 Å². The molecule has 52 heavy (non-hydrogen) atoms. The molecule has 290 valence electrons. The van der Waals surface area contributed by atoms with Crippen molar-refractivity contribution < 1.29 is 187 Å². The van der Waals surface area contributed by atoms with Crippen LogP contribution in [0.1, 0.15) is 0 Å². The molecule has 0 rings (SSSR count). The summed E-state index contributed by atoms with van der Waals surface area (Å²) in [4.78, 5) is 96.3. The molecule has 0 aliphatic heterocycles. The molecule has 10 N–H and O–H groups in total. The number of carboxylic acids is 10. The topological polar surface area (TPSA) is 604 Å². The molecule has 10 unspecified atom stereocenters. The van der Waals surface area contributed by atoms with Crippen LogP contribution in [0.15, 0.2) is 0 Å². The summed E-state index contributed by atoms with van der Waals surface area (Å²) in [6.07, 6.45) is -24.4. The number of hydrogen-bond acceptors (Lipinski definition) is 30. The van der Waals surface area contributed by atoms with Gasteiger partial charge in [-0.15, -0.1) is 0 Å². The molecule has 0 fully saturated rings. The number of carbonyl (C=O) groups is 10. The van der Waals surface area contributed by atoms with E-state index in [1.54, 1.807) is 0 Å². The fraction of sp³-hybridized carbons (Fsp3) is 0.500. The quantitative estimate of drug-likeness (QED) is 0.0731. The first-order chi connectivity index (χ1) is 22.3. The van der Waals surface area contributed by atoms with E-state index in [0.29, 0.717) is 0 Å². The van der Waals surface area contributed by atoms with Gasteiger partial charge < -0.3 is 150 Å². The first-order valence-corrected chi connectivity index (χ1v) is 11.2. The summed E-state index contributed by atoms with van der Waals surface area (Å²) in [6, 6.07) is 0. The van der Waals surface area contributed by atoms with Crippen LogP contribution in [0.4, 0.5) is 0 Å². The molecule has 0 aliphatic carbocycles. The molecule has 30 nitrogen and oxygen atoms in total. The summed E-state index contributed by atoms with van der Waals surface area (Å²) >= 11 is 0. The number of aliphatic hydroxyl groups excluding tert-OH is 10. The van der Waals surface area contributed by atoms with Crippen molar-refractivity contribution in [1.82, 2.24) is 0 Å². The van der Waals surface area contributed by atoms with Gasteiger partial charge in [-0.25, -0.2) is 0 Å². The van der Waals surface area contributed by atoms with Crippen molar-refractivity contribution >= 4 is 59.7 Å². The largest absolute Gasteiger partial charge is 5.00 e. The molecule has 10 atom stereocenters. The molecule has 0 aromatic heterocycles. The maximum Gasteiger partial charge on any atom is 5.00 e. The molecular formula is C20H20O30V2. The Morgan fingerprint density at radius 1 is 0.212 bits per heavy atom. The first kappa shape index (κ1) is 62.6. The van der Waals surface area contributed by atoms with Crippen molar-refractivity contribution in [3.05, 3.63) is 0 Å². The van der Waals surface area contributed by atoms with Crippen molar-refractivity contribution in [2.75, 3.05) is 0 Å². The van der Waals surface area contributed by atoms with Gasteiger partial charge in [0.1, 0.15) is 61.0 Å². The second-order valence-electron chi connectivity index (χ2n) is 7.64. The molecule has 0 aromatic carbocycles. The molecule has 0 saturated heterocycles. The van der Waals surface area contributed by atoms with E-state index < -0.39 is 121 Å². The summed E-state index contributed by atoms with van der Waals surface area (Å²) in [7, 11) is 0.